The molecule has 0 saturated carbocycles. The van der Waals surface area contributed by atoms with Crippen LogP contribution in [0.5, 0.6) is 0 Å². The molecule has 0 bridgehead atoms. The van der Waals surface area contributed by atoms with Crippen LogP contribution in [-0.2, 0) is 11.3 Å². The second kappa shape index (κ2) is 10.4. The van der Waals surface area contributed by atoms with E-state index < -0.39 is 0 Å². The highest BCUT2D eigenvalue weighted by atomic mass is 35.5. The summed E-state index contributed by atoms with van der Waals surface area (Å²) in [6.07, 6.45) is 1.10. The number of rotatable bonds is 9. The van der Waals surface area contributed by atoms with Crippen molar-refractivity contribution in [2.24, 2.45) is 0 Å². The monoisotopic (exact) mass is 376 g/mol. The molecule has 0 aliphatic heterocycles. The number of benzene rings is 1. The molecule has 1 amide bonds. The van der Waals surface area contributed by atoms with E-state index in [1.165, 1.54) is 0 Å². The first-order chi connectivity index (χ1) is 10.8. The summed E-state index contributed by atoms with van der Waals surface area (Å²) in [6, 6.07) is 5.86. The Balaban J connectivity index is 2.47. The van der Waals surface area contributed by atoms with Gasteiger partial charge in [0, 0.05) is 19.6 Å². The Bertz CT molecular complexity index is 513. The first kappa shape index (κ1) is 20.6. The average molecular weight is 377 g/mol. The van der Waals surface area contributed by atoms with Gasteiger partial charge in [0.1, 0.15) is 0 Å². The van der Waals surface area contributed by atoms with Crippen LogP contribution in [-0.4, -0.2) is 53.9 Å². The number of thioether (sulfide) groups is 1. The Kier molecular flexibility index (Phi) is 9.37. The van der Waals surface area contributed by atoms with Gasteiger partial charge in [-0.25, -0.2) is 0 Å². The first-order valence-corrected chi connectivity index (χ1v) is 9.72. The lowest BCUT2D eigenvalue weighted by atomic mass is 10.2. The second-order valence-corrected chi connectivity index (χ2v) is 7.96. The highest BCUT2D eigenvalue weighted by Crippen LogP contribution is 2.23. The number of halogens is 2. The third kappa shape index (κ3) is 7.34. The van der Waals surface area contributed by atoms with Gasteiger partial charge >= 0.3 is 0 Å². The van der Waals surface area contributed by atoms with E-state index >= 15 is 0 Å². The Hall–Kier alpha value is -0.420. The van der Waals surface area contributed by atoms with E-state index in [2.05, 4.69) is 18.7 Å². The summed E-state index contributed by atoms with van der Waals surface area (Å²) >= 11 is 13.9. The Labute approximate surface area is 154 Å². The predicted molar refractivity (Wildman–Crippen MR) is 103 cm³/mol. The van der Waals surface area contributed by atoms with Gasteiger partial charge in [0.05, 0.1) is 16.6 Å². The maximum atomic E-state index is 12.4. The van der Waals surface area contributed by atoms with Crippen LogP contribution in [0.15, 0.2) is 18.2 Å². The Morgan fingerprint density at radius 2 is 1.96 bits per heavy atom. The third-order valence-corrected chi connectivity index (χ3v) is 5.52. The van der Waals surface area contributed by atoms with Crippen molar-refractivity contribution in [3.8, 4) is 0 Å². The molecule has 0 spiro atoms. The van der Waals surface area contributed by atoms with Crippen molar-refractivity contribution in [1.82, 2.24) is 9.80 Å². The lowest BCUT2D eigenvalue weighted by molar-refractivity contribution is -0.131. The number of carbonyl (C=O) groups is 1. The summed E-state index contributed by atoms with van der Waals surface area (Å²) < 4.78 is 0. The molecule has 0 radical (unpaired) electrons. The minimum absolute atomic E-state index is 0.105. The van der Waals surface area contributed by atoms with Crippen LogP contribution in [0.4, 0.5) is 0 Å². The van der Waals surface area contributed by atoms with Crippen LogP contribution < -0.4 is 0 Å². The fraction of sp³-hybridized carbons (Fsp3) is 0.588. The molecule has 23 heavy (non-hydrogen) atoms. The molecule has 0 fully saturated rings. The number of likely N-dealkylation sites (N-methyl/N-ethyl adjacent to an activating group) is 2. The normalized spacial score (nSPS) is 12.5. The Morgan fingerprint density at radius 1 is 1.26 bits per heavy atom. The van der Waals surface area contributed by atoms with Gasteiger partial charge in [-0.2, -0.15) is 11.8 Å². The largest absolute Gasteiger partial charge is 0.340 e. The van der Waals surface area contributed by atoms with Gasteiger partial charge in [-0.15, -0.1) is 0 Å². The van der Waals surface area contributed by atoms with Crippen molar-refractivity contribution in [1.29, 1.82) is 0 Å². The van der Waals surface area contributed by atoms with Gasteiger partial charge in [0.15, 0.2) is 0 Å². The average Bonchev–Trinajstić information content (AvgIpc) is 2.50. The Morgan fingerprint density at radius 3 is 2.57 bits per heavy atom. The van der Waals surface area contributed by atoms with Gasteiger partial charge in [0.2, 0.25) is 5.91 Å². The van der Waals surface area contributed by atoms with Gasteiger partial charge in [0.25, 0.3) is 0 Å². The van der Waals surface area contributed by atoms with E-state index in [-0.39, 0.29) is 5.91 Å². The van der Waals surface area contributed by atoms with E-state index in [4.69, 9.17) is 23.2 Å². The first-order valence-electron chi connectivity index (χ1n) is 7.81. The van der Waals surface area contributed by atoms with Crippen LogP contribution in [0.1, 0.15) is 25.8 Å². The smallest absolute Gasteiger partial charge is 0.236 e. The second-order valence-electron chi connectivity index (χ2n) is 5.75. The standard InChI is InChI=1S/C17H26Cl2N2OS/c1-5-23-9-8-13(2)20(3)12-17(22)21(4)11-14-6-7-15(18)16(19)10-14/h6-7,10,13H,5,8-9,11-12H2,1-4H3/t13-/m0/s1. The molecule has 1 atom stereocenters. The van der Waals surface area contributed by atoms with Gasteiger partial charge in [-0.05, 0) is 49.6 Å². The molecule has 1 aromatic carbocycles. The lowest BCUT2D eigenvalue weighted by Gasteiger charge is -2.26. The summed E-state index contributed by atoms with van der Waals surface area (Å²) in [5.74, 6) is 2.38. The molecule has 0 unspecified atom stereocenters. The van der Waals surface area contributed by atoms with E-state index in [0.29, 0.717) is 29.2 Å². The van der Waals surface area contributed by atoms with Gasteiger partial charge in [-0.3, -0.25) is 9.69 Å². The van der Waals surface area contributed by atoms with Crippen LogP contribution in [0.2, 0.25) is 10.0 Å². The molecule has 3 nitrogen and oxygen atoms in total. The van der Waals surface area contributed by atoms with E-state index in [1.54, 1.807) is 11.0 Å². The fourth-order valence-corrected chi connectivity index (χ4v) is 3.23. The third-order valence-electron chi connectivity index (χ3n) is 3.85. The van der Waals surface area contributed by atoms with Gasteiger partial charge < -0.3 is 4.90 Å². The molecule has 130 valence electrons. The molecule has 0 heterocycles. The summed E-state index contributed by atoms with van der Waals surface area (Å²) in [6.45, 7) is 5.29. The highest BCUT2D eigenvalue weighted by molar-refractivity contribution is 7.99. The zero-order valence-corrected chi connectivity index (χ0v) is 16.6. The SMILES string of the molecule is CCSCC[C@H](C)N(C)CC(=O)N(C)Cc1ccc(Cl)c(Cl)c1. The number of amides is 1. The van der Waals surface area contributed by atoms with Gasteiger partial charge in [-0.1, -0.05) is 36.2 Å². The zero-order valence-electron chi connectivity index (χ0n) is 14.3. The topological polar surface area (TPSA) is 23.6 Å². The van der Waals surface area contributed by atoms with Crippen LogP contribution >= 0.6 is 35.0 Å². The summed E-state index contributed by atoms with van der Waals surface area (Å²) in [5, 5.41) is 1.05. The molecule has 6 heteroatoms. The quantitative estimate of drug-likeness (QED) is 0.596. The number of hydrogen-bond acceptors (Lipinski definition) is 3. The minimum atomic E-state index is 0.105. The predicted octanol–water partition coefficient (Wildman–Crippen LogP) is 4.42. The highest BCUT2D eigenvalue weighted by Gasteiger charge is 2.16. The molecule has 0 N–H and O–H groups in total. The molecule has 0 saturated heterocycles. The maximum absolute atomic E-state index is 12.4. The zero-order chi connectivity index (χ0) is 17.4. The van der Waals surface area contributed by atoms with Crippen molar-refractivity contribution < 1.29 is 4.79 Å². The van der Waals surface area contributed by atoms with E-state index in [0.717, 1.165) is 23.5 Å². The van der Waals surface area contributed by atoms with E-state index in [1.807, 2.05) is 38.0 Å². The summed E-state index contributed by atoms with van der Waals surface area (Å²) in [7, 11) is 3.82. The van der Waals surface area contributed by atoms with E-state index in [9.17, 15) is 4.79 Å². The number of carbonyl (C=O) groups excluding carboxylic acids is 1. The van der Waals surface area contributed by atoms with Crippen LogP contribution in [0.3, 0.4) is 0 Å². The molecule has 0 aromatic heterocycles. The van der Waals surface area contributed by atoms with Crippen molar-refractivity contribution in [3.63, 3.8) is 0 Å². The minimum Gasteiger partial charge on any atom is -0.340 e. The molecule has 1 rings (SSSR count). The van der Waals surface area contributed by atoms with Crippen molar-refractivity contribution >= 4 is 40.9 Å². The lowest BCUT2D eigenvalue weighted by Crippen LogP contribution is -2.40. The van der Waals surface area contributed by atoms with Crippen molar-refractivity contribution in [2.75, 3.05) is 32.1 Å². The number of nitrogens with zero attached hydrogens (tertiary/aromatic N) is 2. The fourth-order valence-electron chi connectivity index (χ4n) is 2.11. The van der Waals surface area contributed by atoms with Crippen molar-refractivity contribution in [2.45, 2.75) is 32.9 Å². The number of hydrogen-bond donors (Lipinski definition) is 0. The van der Waals surface area contributed by atoms with Crippen LogP contribution in [0.25, 0.3) is 0 Å². The van der Waals surface area contributed by atoms with Crippen LogP contribution in [0, 0.1) is 0 Å². The molecule has 0 aliphatic carbocycles. The summed E-state index contributed by atoms with van der Waals surface area (Å²) in [4.78, 5) is 16.2. The molecule has 1 aromatic rings. The summed E-state index contributed by atoms with van der Waals surface area (Å²) in [5.41, 5.74) is 0.977. The molecule has 0 aliphatic rings. The maximum Gasteiger partial charge on any atom is 0.236 e. The van der Waals surface area contributed by atoms with Crippen molar-refractivity contribution in [3.05, 3.63) is 33.8 Å². The molecular formula is C17H26Cl2N2OS. The molecular weight excluding hydrogens is 351 g/mol.